The van der Waals surface area contributed by atoms with Crippen molar-refractivity contribution in [3.05, 3.63) is 24.3 Å². The van der Waals surface area contributed by atoms with Gasteiger partial charge in [0.05, 0.1) is 5.69 Å². The molecule has 2 heterocycles. The van der Waals surface area contributed by atoms with Crippen LogP contribution in [0.4, 0.5) is 5.69 Å². The summed E-state index contributed by atoms with van der Waals surface area (Å²) in [6.07, 6.45) is 1.49. The molecule has 1 unspecified atom stereocenters. The molecule has 1 atom stereocenters. The lowest BCUT2D eigenvalue weighted by atomic mass is 10.2. The number of piperazine rings is 1. The third-order valence-electron chi connectivity index (χ3n) is 4.29. The Labute approximate surface area is 121 Å². The van der Waals surface area contributed by atoms with Crippen molar-refractivity contribution in [2.75, 3.05) is 50.7 Å². The molecule has 3 rings (SSSR count). The second kappa shape index (κ2) is 6.46. The van der Waals surface area contributed by atoms with Gasteiger partial charge in [-0.1, -0.05) is 19.1 Å². The van der Waals surface area contributed by atoms with Crippen LogP contribution in [0, 0.1) is 0 Å². The number of likely N-dealkylation sites (tertiary alicyclic amines) is 1. The minimum Gasteiger partial charge on any atom is -0.487 e. The monoisotopic (exact) mass is 275 g/mol. The van der Waals surface area contributed by atoms with Crippen molar-refractivity contribution in [3.8, 4) is 5.75 Å². The van der Waals surface area contributed by atoms with Crippen LogP contribution >= 0.6 is 0 Å². The van der Waals surface area contributed by atoms with Crippen LogP contribution in [0.2, 0.25) is 0 Å². The lowest BCUT2D eigenvalue weighted by molar-refractivity contribution is 0.203. The molecule has 2 saturated heterocycles. The highest BCUT2D eigenvalue weighted by atomic mass is 16.5. The average molecular weight is 275 g/mol. The Kier molecular flexibility index (Phi) is 4.43. The Hall–Kier alpha value is -1.26. The number of nitrogens with zero attached hydrogens (tertiary/aromatic N) is 2. The van der Waals surface area contributed by atoms with Gasteiger partial charge >= 0.3 is 0 Å². The summed E-state index contributed by atoms with van der Waals surface area (Å²) < 4.78 is 6.29. The fourth-order valence-electron chi connectivity index (χ4n) is 3.08. The third kappa shape index (κ3) is 3.07. The van der Waals surface area contributed by atoms with Gasteiger partial charge < -0.3 is 15.0 Å². The van der Waals surface area contributed by atoms with Gasteiger partial charge in [0.2, 0.25) is 0 Å². The number of hydrogen-bond acceptors (Lipinski definition) is 4. The first-order chi connectivity index (χ1) is 9.86. The van der Waals surface area contributed by atoms with E-state index in [2.05, 4.69) is 46.3 Å². The smallest absolute Gasteiger partial charge is 0.143 e. The number of likely N-dealkylation sites (N-methyl/N-ethyl adjacent to an activating group) is 1. The minimum absolute atomic E-state index is 0.346. The number of benzene rings is 1. The fourth-order valence-corrected chi connectivity index (χ4v) is 3.08. The van der Waals surface area contributed by atoms with Crippen LogP contribution in [0.15, 0.2) is 24.3 Å². The highest BCUT2D eigenvalue weighted by Crippen LogP contribution is 2.30. The predicted octanol–water partition coefficient (Wildman–Crippen LogP) is 1.57. The SMILES string of the molecule is CCN1CCC(Oc2ccccc2N2CCNCC2)C1. The quantitative estimate of drug-likeness (QED) is 0.903. The molecule has 0 aliphatic carbocycles. The summed E-state index contributed by atoms with van der Waals surface area (Å²) in [5, 5.41) is 3.40. The van der Waals surface area contributed by atoms with Crippen LogP contribution < -0.4 is 15.0 Å². The minimum atomic E-state index is 0.346. The predicted molar refractivity (Wildman–Crippen MR) is 82.7 cm³/mol. The summed E-state index contributed by atoms with van der Waals surface area (Å²) >= 11 is 0. The van der Waals surface area contributed by atoms with Crippen molar-refractivity contribution in [2.45, 2.75) is 19.4 Å². The van der Waals surface area contributed by atoms with Gasteiger partial charge in [-0.05, 0) is 25.1 Å². The Balaban J connectivity index is 1.69. The molecule has 1 N–H and O–H groups in total. The van der Waals surface area contributed by atoms with E-state index in [0.29, 0.717) is 6.10 Å². The summed E-state index contributed by atoms with van der Waals surface area (Å²) in [5.74, 6) is 1.05. The zero-order valence-corrected chi connectivity index (χ0v) is 12.3. The molecule has 0 aromatic heterocycles. The van der Waals surface area contributed by atoms with E-state index in [1.54, 1.807) is 0 Å². The molecule has 2 aliphatic heterocycles. The first-order valence-electron chi connectivity index (χ1n) is 7.80. The molecule has 2 fully saturated rings. The Bertz CT molecular complexity index is 431. The topological polar surface area (TPSA) is 27.7 Å². The number of nitrogens with one attached hydrogen (secondary N) is 1. The van der Waals surface area contributed by atoms with E-state index in [4.69, 9.17) is 4.74 Å². The number of hydrogen-bond donors (Lipinski definition) is 1. The molecule has 0 radical (unpaired) electrons. The highest BCUT2D eigenvalue weighted by Gasteiger charge is 2.24. The molecule has 1 aromatic rings. The summed E-state index contributed by atoms with van der Waals surface area (Å²) in [6.45, 7) is 9.81. The van der Waals surface area contributed by atoms with Crippen molar-refractivity contribution < 1.29 is 4.74 Å². The molecule has 1 aromatic carbocycles. The van der Waals surface area contributed by atoms with E-state index in [1.165, 1.54) is 5.69 Å². The van der Waals surface area contributed by atoms with Crippen LogP contribution in [0.3, 0.4) is 0 Å². The molecule has 4 heteroatoms. The number of anilines is 1. The van der Waals surface area contributed by atoms with Gasteiger partial charge in [-0.25, -0.2) is 0 Å². The number of ether oxygens (including phenoxy) is 1. The second-order valence-electron chi connectivity index (χ2n) is 5.63. The van der Waals surface area contributed by atoms with E-state index >= 15 is 0 Å². The zero-order chi connectivity index (χ0) is 13.8. The molecule has 0 spiro atoms. The Morgan fingerprint density at radius 2 is 2.00 bits per heavy atom. The van der Waals surface area contributed by atoms with Crippen molar-refractivity contribution in [1.82, 2.24) is 10.2 Å². The molecule has 4 nitrogen and oxygen atoms in total. The normalized spacial score (nSPS) is 24.1. The lowest BCUT2D eigenvalue weighted by Gasteiger charge is -2.31. The number of rotatable bonds is 4. The van der Waals surface area contributed by atoms with E-state index in [1.807, 2.05) is 0 Å². The Morgan fingerprint density at radius 3 is 2.75 bits per heavy atom. The molecule has 0 amide bonds. The van der Waals surface area contributed by atoms with Gasteiger partial charge in [0, 0.05) is 39.3 Å². The van der Waals surface area contributed by atoms with Gasteiger partial charge in [0.15, 0.2) is 0 Å². The average Bonchev–Trinajstić information content (AvgIpc) is 2.96. The van der Waals surface area contributed by atoms with Crippen molar-refractivity contribution in [2.24, 2.45) is 0 Å². The van der Waals surface area contributed by atoms with Crippen molar-refractivity contribution >= 4 is 5.69 Å². The van der Waals surface area contributed by atoms with Crippen LogP contribution in [-0.4, -0.2) is 56.8 Å². The third-order valence-corrected chi connectivity index (χ3v) is 4.29. The standard InChI is InChI=1S/C16H25N3O/c1-2-18-10-7-14(13-18)20-16-6-4-3-5-15(16)19-11-8-17-9-12-19/h3-6,14,17H,2,7-13H2,1H3. The van der Waals surface area contributed by atoms with E-state index < -0.39 is 0 Å². The maximum absolute atomic E-state index is 6.29. The molecular weight excluding hydrogens is 250 g/mol. The molecule has 110 valence electrons. The Morgan fingerprint density at radius 1 is 1.20 bits per heavy atom. The lowest BCUT2D eigenvalue weighted by Crippen LogP contribution is -2.43. The van der Waals surface area contributed by atoms with Gasteiger partial charge in [-0.2, -0.15) is 0 Å². The van der Waals surface area contributed by atoms with Gasteiger partial charge in [-0.15, -0.1) is 0 Å². The summed E-state index contributed by atoms with van der Waals surface area (Å²) in [7, 11) is 0. The van der Waals surface area contributed by atoms with E-state index in [-0.39, 0.29) is 0 Å². The summed E-state index contributed by atoms with van der Waals surface area (Å²) in [6, 6.07) is 8.49. The van der Waals surface area contributed by atoms with E-state index in [0.717, 1.165) is 58.0 Å². The fraction of sp³-hybridized carbons (Fsp3) is 0.625. The first-order valence-corrected chi connectivity index (χ1v) is 7.80. The van der Waals surface area contributed by atoms with Crippen LogP contribution in [-0.2, 0) is 0 Å². The van der Waals surface area contributed by atoms with Gasteiger partial charge in [-0.3, -0.25) is 4.90 Å². The van der Waals surface area contributed by atoms with Crippen molar-refractivity contribution in [3.63, 3.8) is 0 Å². The zero-order valence-electron chi connectivity index (χ0n) is 12.3. The van der Waals surface area contributed by atoms with E-state index in [9.17, 15) is 0 Å². The van der Waals surface area contributed by atoms with Gasteiger partial charge in [0.25, 0.3) is 0 Å². The molecule has 0 saturated carbocycles. The maximum Gasteiger partial charge on any atom is 0.143 e. The summed E-state index contributed by atoms with van der Waals surface area (Å²) in [5.41, 5.74) is 1.25. The number of para-hydroxylation sites is 2. The maximum atomic E-state index is 6.29. The highest BCUT2D eigenvalue weighted by molar-refractivity contribution is 5.58. The van der Waals surface area contributed by atoms with Crippen molar-refractivity contribution in [1.29, 1.82) is 0 Å². The molecule has 20 heavy (non-hydrogen) atoms. The second-order valence-corrected chi connectivity index (χ2v) is 5.63. The summed E-state index contributed by atoms with van der Waals surface area (Å²) in [4.78, 5) is 4.89. The van der Waals surface area contributed by atoms with Crippen LogP contribution in [0.1, 0.15) is 13.3 Å². The molecular formula is C16H25N3O. The van der Waals surface area contributed by atoms with Gasteiger partial charge in [0.1, 0.15) is 11.9 Å². The van der Waals surface area contributed by atoms with Crippen LogP contribution in [0.5, 0.6) is 5.75 Å². The largest absolute Gasteiger partial charge is 0.487 e. The first kappa shape index (κ1) is 13.7. The molecule has 2 aliphatic rings. The van der Waals surface area contributed by atoms with Crippen LogP contribution in [0.25, 0.3) is 0 Å². The molecule has 0 bridgehead atoms.